The fraction of sp³-hybridized carbons (Fsp3) is 0.240. The molecule has 13 heteroatoms. The molecule has 0 unspecified atom stereocenters. The van der Waals surface area contributed by atoms with E-state index in [1.807, 2.05) is 13.0 Å². The summed E-state index contributed by atoms with van der Waals surface area (Å²) in [6.07, 6.45) is 7.20. The minimum absolute atomic E-state index is 0.0475. The lowest BCUT2D eigenvalue weighted by Gasteiger charge is -2.27. The number of aromatic nitrogens is 6. The van der Waals surface area contributed by atoms with E-state index in [4.69, 9.17) is 5.41 Å². The second-order valence-corrected chi connectivity index (χ2v) is 8.71. The molecule has 1 aliphatic rings. The van der Waals surface area contributed by atoms with E-state index in [1.165, 1.54) is 12.1 Å². The third-order valence-electron chi connectivity index (χ3n) is 6.31. The number of alkyl halides is 3. The van der Waals surface area contributed by atoms with Gasteiger partial charge in [0.2, 0.25) is 5.82 Å². The molecule has 0 radical (unpaired) electrons. The summed E-state index contributed by atoms with van der Waals surface area (Å²) in [5.41, 5.74) is 1.76. The summed E-state index contributed by atoms with van der Waals surface area (Å²) in [6, 6.07) is 4.64. The number of aryl methyl sites for hydroxylation is 1. The maximum absolute atomic E-state index is 15.4. The predicted octanol–water partition coefficient (Wildman–Crippen LogP) is 4.44. The second kappa shape index (κ2) is 9.72. The number of nitrogens with zero attached hydrogens (tertiary/aromatic N) is 6. The summed E-state index contributed by atoms with van der Waals surface area (Å²) in [5.74, 6) is -4.86. The first-order valence-electron chi connectivity index (χ1n) is 11.6. The Balaban J connectivity index is 1.58. The molecule has 0 fully saturated rings. The molecular formula is C25H23F4N9. The lowest BCUT2D eigenvalue weighted by Crippen LogP contribution is -2.31. The Hall–Kier alpha value is -4.55. The maximum atomic E-state index is 15.4. The highest BCUT2D eigenvalue weighted by molar-refractivity contribution is 5.75. The van der Waals surface area contributed by atoms with Crippen molar-refractivity contribution in [3.63, 3.8) is 0 Å². The Kier molecular flexibility index (Phi) is 6.43. The summed E-state index contributed by atoms with van der Waals surface area (Å²) < 4.78 is 62.0. The van der Waals surface area contributed by atoms with Gasteiger partial charge in [-0.1, -0.05) is 0 Å². The molecule has 0 aromatic carbocycles. The van der Waals surface area contributed by atoms with Crippen molar-refractivity contribution in [1.82, 2.24) is 34.6 Å². The fourth-order valence-corrected chi connectivity index (χ4v) is 4.48. The first-order valence-corrected chi connectivity index (χ1v) is 11.6. The Morgan fingerprint density at radius 2 is 2.08 bits per heavy atom. The predicted molar refractivity (Wildman–Crippen MR) is 133 cm³/mol. The quantitative estimate of drug-likeness (QED) is 0.232. The number of allylic oxidation sites excluding steroid dienone is 1. The number of nitrogens with one attached hydrogen (secondary N) is 3. The first-order chi connectivity index (χ1) is 18.3. The van der Waals surface area contributed by atoms with E-state index in [1.54, 1.807) is 30.1 Å². The largest absolute Gasteiger partial charge is 0.375 e. The molecule has 38 heavy (non-hydrogen) atoms. The molecule has 3 N–H and O–H groups in total. The van der Waals surface area contributed by atoms with Gasteiger partial charge in [0.25, 0.3) is 0 Å². The summed E-state index contributed by atoms with van der Waals surface area (Å²) >= 11 is 0. The third-order valence-corrected chi connectivity index (χ3v) is 6.31. The standard InChI is InChI=1S/C25H23F4N9/c1-14-11-33-21(34-20(31-2)5-6-30)9-17(14)15-8-19-23-35-36-24(38(23)16(10-26)13-37(19)12-15)25(28,29)22-18(27)4-3-7-32-22/h3-9,11-12,16,30-31H,10,13H2,1-2H3,(H,33,34)/b20-5+,30-6?/t16-/m0/s1. The van der Waals surface area contributed by atoms with E-state index >= 15 is 8.78 Å². The van der Waals surface area contributed by atoms with Crippen molar-refractivity contribution in [2.24, 2.45) is 0 Å². The molecule has 5 heterocycles. The van der Waals surface area contributed by atoms with Gasteiger partial charge in [-0.2, -0.15) is 8.78 Å². The van der Waals surface area contributed by atoms with Gasteiger partial charge in [0.1, 0.15) is 18.3 Å². The van der Waals surface area contributed by atoms with E-state index in [0.29, 0.717) is 17.3 Å². The minimum atomic E-state index is -3.93. The number of anilines is 1. The summed E-state index contributed by atoms with van der Waals surface area (Å²) in [7, 11) is 1.71. The molecule has 5 rings (SSSR count). The van der Waals surface area contributed by atoms with Gasteiger partial charge in [0, 0.05) is 44.0 Å². The van der Waals surface area contributed by atoms with Gasteiger partial charge >= 0.3 is 5.92 Å². The number of hydrogen-bond acceptors (Lipinski definition) is 7. The summed E-state index contributed by atoms with van der Waals surface area (Å²) in [6.45, 7) is 0.967. The van der Waals surface area contributed by atoms with Gasteiger partial charge in [-0.15, -0.1) is 10.2 Å². The first kappa shape index (κ1) is 25.1. The zero-order valence-corrected chi connectivity index (χ0v) is 20.4. The lowest BCUT2D eigenvalue weighted by atomic mass is 10.1. The van der Waals surface area contributed by atoms with Crippen LogP contribution in [0.25, 0.3) is 22.6 Å². The minimum Gasteiger partial charge on any atom is -0.375 e. The van der Waals surface area contributed by atoms with E-state index in [2.05, 4.69) is 30.8 Å². The molecule has 1 atom stereocenters. The van der Waals surface area contributed by atoms with Gasteiger partial charge in [0.05, 0.1) is 11.7 Å². The van der Waals surface area contributed by atoms with Crippen LogP contribution >= 0.6 is 0 Å². The van der Waals surface area contributed by atoms with Gasteiger partial charge in [-0.25, -0.2) is 13.8 Å². The van der Waals surface area contributed by atoms with Crippen molar-refractivity contribution in [2.45, 2.75) is 25.4 Å². The Morgan fingerprint density at radius 3 is 2.79 bits per heavy atom. The molecule has 0 saturated heterocycles. The number of pyridine rings is 2. The zero-order valence-electron chi connectivity index (χ0n) is 20.4. The molecule has 0 aliphatic carbocycles. The average molecular weight is 526 g/mol. The topological polar surface area (TPSA) is 109 Å². The monoisotopic (exact) mass is 525 g/mol. The van der Waals surface area contributed by atoms with E-state index in [9.17, 15) is 8.78 Å². The highest BCUT2D eigenvalue weighted by Crippen LogP contribution is 2.41. The molecule has 4 aromatic heterocycles. The normalized spacial score (nSPS) is 15.1. The third kappa shape index (κ3) is 4.19. The van der Waals surface area contributed by atoms with Crippen LogP contribution in [0.1, 0.15) is 23.1 Å². The van der Waals surface area contributed by atoms with Crippen LogP contribution < -0.4 is 10.6 Å². The van der Waals surface area contributed by atoms with Crippen LogP contribution in [0.2, 0.25) is 0 Å². The lowest BCUT2D eigenvalue weighted by molar-refractivity contribution is 0.0173. The molecule has 1 aliphatic heterocycles. The summed E-state index contributed by atoms with van der Waals surface area (Å²) in [5, 5.41) is 20.9. The van der Waals surface area contributed by atoms with E-state index in [-0.39, 0.29) is 12.4 Å². The zero-order chi connectivity index (χ0) is 27.0. The number of rotatable bonds is 8. The molecule has 0 bridgehead atoms. The fourth-order valence-electron chi connectivity index (χ4n) is 4.48. The molecule has 0 spiro atoms. The highest BCUT2D eigenvalue weighted by atomic mass is 19.3. The number of hydrogen-bond donors (Lipinski definition) is 3. The SMILES string of the molecule is CN/C(=C\C=N)Nc1cc(-c2cc3n(c2)C[C@H](CF)n2c-3nnc2C(F)(F)c2ncccc2F)c(C)cn1. The van der Waals surface area contributed by atoms with Crippen LogP contribution in [-0.2, 0) is 12.5 Å². The van der Waals surface area contributed by atoms with Crippen LogP contribution in [0.15, 0.2) is 54.8 Å². The van der Waals surface area contributed by atoms with Crippen molar-refractivity contribution in [3.8, 4) is 22.6 Å². The van der Waals surface area contributed by atoms with Gasteiger partial charge in [-0.3, -0.25) is 9.55 Å². The van der Waals surface area contributed by atoms with Crippen molar-refractivity contribution >= 4 is 12.0 Å². The van der Waals surface area contributed by atoms with Crippen molar-refractivity contribution in [3.05, 3.63) is 77.7 Å². The van der Waals surface area contributed by atoms with Crippen LogP contribution in [0.5, 0.6) is 0 Å². The molecule has 4 aromatic rings. The van der Waals surface area contributed by atoms with Crippen molar-refractivity contribution in [2.75, 3.05) is 19.0 Å². The molecule has 9 nitrogen and oxygen atoms in total. The van der Waals surface area contributed by atoms with Gasteiger partial charge < -0.3 is 20.6 Å². The van der Waals surface area contributed by atoms with Crippen molar-refractivity contribution in [1.29, 1.82) is 5.41 Å². The van der Waals surface area contributed by atoms with Crippen LogP contribution in [-0.4, -0.2) is 49.2 Å². The van der Waals surface area contributed by atoms with Crippen LogP contribution in [0.3, 0.4) is 0 Å². The van der Waals surface area contributed by atoms with Gasteiger partial charge in [0.15, 0.2) is 17.3 Å². The molecule has 0 saturated carbocycles. The summed E-state index contributed by atoms with van der Waals surface area (Å²) in [4.78, 5) is 7.89. The highest BCUT2D eigenvalue weighted by Gasteiger charge is 2.46. The smallest absolute Gasteiger partial charge is 0.351 e. The molecule has 0 amide bonds. The molecule has 196 valence electrons. The number of halogens is 4. The average Bonchev–Trinajstić information content (AvgIpc) is 3.54. The Bertz CT molecular complexity index is 1540. The van der Waals surface area contributed by atoms with Crippen LogP contribution in [0.4, 0.5) is 23.4 Å². The Morgan fingerprint density at radius 1 is 1.26 bits per heavy atom. The van der Waals surface area contributed by atoms with E-state index in [0.717, 1.165) is 39.7 Å². The second-order valence-electron chi connectivity index (χ2n) is 8.71. The van der Waals surface area contributed by atoms with Crippen LogP contribution in [0, 0.1) is 18.2 Å². The van der Waals surface area contributed by atoms with E-state index < -0.39 is 36.0 Å². The van der Waals surface area contributed by atoms with Crippen molar-refractivity contribution < 1.29 is 17.6 Å². The maximum Gasteiger partial charge on any atom is 0.351 e. The Labute approximate surface area is 214 Å². The number of fused-ring (bicyclic) bond motifs is 3. The molecular weight excluding hydrogens is 502 g/mol. The van der Waals surface area contributed by atoms with Gasteiger partial charge in [-0.05, 0) is 48.4 Å².